The second kappa shape index (κ2) is 11.8. The average Bonchev–Trinajstić information content (AvgIpc) is 3.76. The SMILES string of the molecule is c1ccc2c(c1)-c1cc3c(cc1-c1cccc4c5ccccc5n-2c14)c1ccccc1n3-c1nc(-c2ccc3ccccc3c2)nc(-c2ccc3ccccc3c2)n1. The van der Waals surface area contributed by atoms with Gasteiger partial charge in [-0.3, -0.25) is 4.57 Å². The zero-order chi connectivity index (χ0) is 37.9. The standard InChI is InChI=1S/C53H31N5/c1-3-14-34-28-36(26-24-32(34)12-1)51-54-52(37-27-25-33-13-2-4-15-35(33)29-37)56-53(55-51)58-48-23-10-7-18-40(48)45-30-43-42-20-11-19-41-38-16-5-8-21-46(38)57(50(41)42)47-22-9-6-17-39(47)44(43)31-49(45)58/h1-31H. The predicted molar refractivity (Wildman–Crippen MR) is 239 cm³/mol. The number of nitrogens with zero attached hydrogens (tertiary/aromatic N) is 5. The minimum absolute atomic E-state index is 0.578. The van der Waals surface area contributed by atoms with Gasteiger partial charge in [0.2, 0.25) is 5.95 Å². The first kappa shape index (κ1) is 31.3. The molecular formula is C53H31N5. The maximum Gasteiger partial charge on any atom is 0.238 e. The topological polar surface area (TPSA) is 48.5 Å². The zero-order valence-corrected chi connectivity index (χ0v) is 31.1. The van der Waals surface area contributed by atoms with Crippen molar-refractivity contribution in [1.29, 1.82) is 0 Å². The van der Waals surface area contributed by atoms with E-state index in [9.17, 15) is 0 Å². The monoisotopic (exact) mass is 737 g/mol. The third kappa shape index (κ3) is 4.44. The van der Waals surface area contributed by atoms with Crippen molar-refractivity contribution in [3.05, 3.63) is 188 Å². The van der Waals surface area contributed by atoms with Crippen LogP contribution in [0.2, 0.25) is 0 Å². The Kier molecular flexibility index (Phi) is 6.38. The molecule has 0 fully saturated rings. The summed E-state index contributed by atoms with van der Waals surface area (Å²) in [4.78, 5) is 15.9. The molecule has 4 heterocycles. The van der Waals surface area contributed by atoms with Gasteiger partial charge in [0, 0.05) is 43.8 Å². The Balaban J connectivity index is 1.12. The van der Waals surface area contributed by atoms with Gasteiger partial charge in [-0.1, -0.05) is 146 Å². The van der Waals surface area contributed by atoms with E-state index in [1.54, 1.807) is 0 Å². The van der Waals surface area contributed by atoms with E-state index in [0.717, 1.165) is 43.7 Å². The van der Waals surface area contributed by atoms with Crippen LogP contribution < -0.4 is 0 Å². The summed E-state index contributed by atoms with van der Waals surface area (Å²) in [5.74, 6) is 1.83. The van der Waals surface area contributed by atoms with Crippen molar-refractivity contribution in [2.24, 2.45) is 0 Å². The Labute approximate surface area is 332 Å². The van der Waals surface area contributed by atoms with Gasteiger partial charge in [-0.25, -0.2) is 4.98 Å². The summed E-state index contributed by atoms with van der Waals surface area (Å²) in [6.07, 6.45) is 0. The Morgan fingerprint density at radius 2 is 0.845 bits per heavy atom. The molecule has 5 heteroatoms. The van der Waals surface area contributed by atoms with Gasteiger partial charge in [0.05, 0.1) is 27.8 Å². The van der Waals surface area contributed by atoms with E-state index >= 15 is 0 Å². The molecule has 0 bridgehead atoms. The van der Waals surface area contributed by atoms with Crippen LogP contribution >= 0.6 is 0 Å². The second-order valence-electron chi connectivity index (χ2n) is 15.2. The van der Waals surface area contributed by atoms with Crippen molar-refractivity contribution in [2.45, 2.75) is 0 Å². The van der Waals surface area contributed by atoms with Crippen LogP contribution in [0.15, 0.2) is 188 Å². The number of rotatable bonds is 3. The van der Waals surface area contributed by atoms with Gasteiger partial charge in [-0.15, -0.1) is 0 Å². The van der Waals surface area contributed by atoms with Crippen LogP contribution in [-0.4, -0.2) is 24.1 Å². The molecule has 0 amide bonds. The van der Waals surface area contributed by atoms with E-state index in [4.69, 9.17) is 15.0 Å². The van der Waals surface area contributed by atoms with Crippen LogP contribution in [0.3, 0.4) is 0 Å². The van der Waals surface area contributed by atoms with Crippen molar-refractivity contribution in [2.75, 3.05) is 0 Å². The smallest absolute Gasteiger partial charge is 0.238 e. The van der Waals surface area contributed by atoms with Crippen LogP contribution in [0.1, 0.15) is 0 Å². The lowest BCUT2D eigenvalue weighted by Gasteiger charge is -2.14. The average molecular weight is 738 g/mol. The van der Waals surface area contributed by atoms with Crippen molar-refractivity contribution >= 4 is 65.2 Å². The van der Waals surface area contributed by atoms with E-state index in [-0.39, 0.29) is 0 Å². The quantitative estimate of drug-likeness (QED) is 0.181. The third-order valence-electron chi connectivity index (χ3n) is 12.1. The van der Waals surface area contributed by atoms with E-state index in [1.165, 1.54) is 60.5 Å². The lowest BCUT2D eigenvalue weighted by atomic mass is 9.92. The fourth-order valence-corrected chi connectivity index (χ4v) is 9.44. The first-order valence-electron chi connectivity index (χ1n) is 19.7. The van der Waals surface area contributed by atoms with Gasteiger partial charge in [0.15, 0.2) is 11.6 Å². The summed E-state index contributed by atoms with van der Waals surface area (Å²) in [5, 5.41) is 9.43. The highest BCUT2D eigenvalue weighted by Crippen LogP contribution is 2.49. The highest BCUT2D eigenvalue weighted by atomic mass is 15.2. The third-order valence-corrected chi connectivity index (χ3v) is 12.1. The Hall–Kier alpha value is -7.89. The molecule has 0 unspecified atom stereocenters. The molecule has 0 N–H and O–H groups in total. The van der Waals surface area contributed by atoms with E-state index in [0.29, 0.717) is 17.6 Å². The van der Waals surface area contributed by atoms with Crippen LogP contribution in [0.25, 0.3) is 122 Å². The van der Waals surface area contributed by atoms with E-state index in [1.807, 2.05) is 0 Å². The van der Waals surface area contributed by atoms with Gasteiger partial charge < -0.3 is 4.57 Å². The summed E-state index contributed by atoms with van der Waals surface area (Å²) in [6, 6.07) is 67.5. The molecule has 1 aliphatic heterocycles. The summed E-state index contributed by atoms with van der Waals surface area (Å²) >= 11 is 0. The molecule has 0 aliphatic carbocycles. The van der Waals surface area contributed by atoms with Crippen molar-refractivity contribution < 1.29 is 0 Å². The van der Waals surface area contributed by atoms with Crippen molar-refractivity contribution in [1.82, 2.24) is 24.1 Å². The highest BCUT2D eigenvalue weighted by Gasteiger charge is 2.27. The number of para-hydroxylation sites is 4. The molecule has 12 aromatic rings. The zero-order valence-electron chi connectivity index (χ0n) is 31.1. The maximum atomic E-state index is 5.34. The van der Waals surface area contributed by atoms with Gasteiger partial charge in [-0.05, 0) is 75.1 Å². The lowest BCUT2D eigenvalue weighted by molar-refractivity contribution is 0.954. The van der Waals surface area contributed by atoms with Gasteiger partial charge in [0.1, 0.15) is 0 Å². The van der Waals surface area contributed by atoms with Crippen molar-refractivity contribution in [3.8, 4) is 56.7 Å². The predicted octanol–water partition coefficient (Wildman–Crippen LogP) is 13.4. The van der Waals surface area contributed by atoms with E-state index in [2.05, 4.69) is 197 Å². The molecule has 0 saturated heterocycles. The molecule has 9 aromatic carbocycles. The summed E-state index contributed by atoms with van der Waals surface area (Å²) in [5.41, 5.74) is 12.3. The molecule has 5 nitrogen and oxygen atoms in total. The summed E-state index contributed by atoms with van der Waals surface area (Å²) < 4.78 is 4.70. The number of fused-ring (bicyclic) bond motifs is 13. The molecule has 3 aromatic heterocycles. The molecule has 0 spiro atoms. The normalized spacial score (nSPS) is 12.1. The first-order chi connectivity index (χ1) is 28.7. The first-order valence-corrected chi connectivity index (χ1v) is 19.7. The number of hydrogen-bond acceptors (Lipinski definition) is 3. The molecule has 268 valence electrons. The Bertz CT molecular complexity index is 3600. The molecule has 1 aliphatic rings. The number of aromatic nitrogens is 5. The number of hydrogen-bond donors (Lipinski definition) is 0. The molecule has 0 radical (unpaired) electrons. The van der Waals surface area contributed by atoms with Crippen LogP contribution in [0.4, 0.5) is 0 Å². The molecule has 0 atom stereocenters. The number of benzene rings is 9. The summed E-state index contributed by atoms with van der Waals surface area (Å²) in [7, 11) is 0. The molecule has 13 rings (SSSR count). The molecular weight excluding hydrogens is 707 g/mol. The maximum absolute atomic E-state index is 5.34. The van der Waals surface area contributed by atoms with Crippen LogP contribution in [-0.2, 0) is 0 Å². The minimum Gasteiger partial charge on any atom is -0.308 e. The van der Waals surface area contributed by atoms with Crippen LogP contribution in [0, 0.1) is 0 Å². The fourth-order valence-electron chi connectivity index (χ4n) is 9.44. The van der Waals surface area contributed by atoms with Gasteiger partial charge >= 0.3 is 0 Å². The largest absolute Gasteiger partial charge is 0.308 e. The van der Waals surface area contributed by atoms with E-state index < -0.39 is 0 Å². The lowest BCUT2D eigenvalue weighted by Crippen LogP contribution is -2.06. The Morgan fingerprint density at radius 1 is 0.310 bits per heavy atom. The fraction of sp³-hybridized carbons (Fsp3) is 0. The highest BCUT2D eigenvalue weighted by molar-refractivity contribution is 6.19. The van der Waals surface area contributed by atoms with Crippen molar-refractivity contribution in [3.63, 3.8) is 0 Å². The van der Waals surface area contributed by atoms with Gasteiger partial charge in [0.25, 0.3) is 0 Å². The van der Waals surface area contributed by atoms with Crippen LogP contribution in [0.5, 0.6) is 0 Å². The summed E-state index contributed by atoms with van der Waals surface area (Å²) in [6.45, 7) is 0. The molecule has 0 saturated carbocycles. The van der Waals surface area contributed by atoms with Gasteiger partial charge in [-0.2, -0.15) is 9.97 Å². The second-order valence-corrected chi connectivity index (χ2v) is 15.2. The minimum atomic E-state index is 0.578. The Morgan fingerprint density at radius 3 is 1.55 bits per heavy atom. The molecule has 58 heavy (non-hydrogen) atoms.